The van der Waals surface area contributed by atoms with E-state index in [2.05, 4.69) is 10.2 Å². The van der Waals surface area contributed by atoms with Crippen molar-refractivity contribution in [2.75, 3.05) is 26.2 Å². The van der Waals surface area contributed by atoms with E-state index in [1.165, 1.54) is 18.9 Å². The lowest BCUT2D eigenvalue weighted by Gasteiger charge is -2.14. The van der Waals surface area contributed by atoms with Crippen molar-refractivity contribution < 1.29 is 17.6 Å². The van der Waals surface area contributed by atoms with Crippen molar-refractivity contribution in [3.63, 3.8) is 0 Å². The molecule has 1 aliphatic heterocycles. The van der Waals surface area contributed by atoms with Crippen molar-refractivity contribution in [3.8, 4) is 0 Å². The molecule has 0 unspecified atom stereocenters. The summed E-state index contributed by atoms with van der Waals surface area (Å²) in [6.07, 6.45) is -1.17. The second kappa shape index (κ2) is 7.22. The first-order valence-corrected chi connectivity index (χ1v) is 7.25. The van der Waals surface area contributed by atoms with Gasteiger partial charge in [0.15, 0.2) is 0 Å². The zero-order valence-electron chi connectivity index (χ0n) is 11.8. The fourth-order valence-electron chi connectivity index (χ4n) is 2.57. The Bertz CT molecular complexity index is 453. The number of nitrogens with zero attached hydrogens (tertiary/aromatic N) is 1. The third-order valence-electron chi connectivity index (χ3n) is 3.69. The van der Waals surface area contributed by atoms with Gasteiger partial charge >= 0.3 is 6.18 Å². The van der Waals surface area contributed by atoms with Crippen LogP contribution in [-0.4, -0.2) is 31.1 Å². The quantitative estimate of drug-likeness (QED) is 0.640. The molecule has 1 aliphatic rings. The molecule has 1 heterocycles. The van der Waals surface area contributed by atoms with E-state index in [1.807, 2.05) is 0 Å². The number of hydrogen-bond acceptors (Lipinski definition) is 2. The molecule has 0 bridgehead atoms. The van der Waals surface area contributed by atoms with Crippen molar-refractivity contribution in [3.05, 3.63) is 35.1 Å². The average molecular weight is 304 g/mol. The van der Waals surface area contributed by atoms with Gasteiger partial charge in [0.05, 0.1) is 5.56 Å². The molecule has 0 aliphatic carbocycles. The van der Waals surface area contributed by atoms with Crippen molar-refractivity contribution >= 4 is 0 Å². The molecule has 2 nitrogen and oxygen atoms in total. The highest BCUT2D eigenvalue weighted by molar-refractivity contribution is 5.27. The number of alkyl halides is 3. The Kier molecular flexibility index (Phi) is 5.58. The summed E-state index contributed by atoms with van der Waals surface area (Å²) in [6.45, 7) is 4.38. The summed E-state index contributed by atoms with van der Waals surface area (Å²) >= 11 is 0. The van der Waals surface area contributed by atoms with Crippen LogP contribution in [0.4, 0.5) is 17.6 Å². The molecule has 0 radical (unpaired) electrons. The lowest BCUT2D eigenvalue weighted by molar-refractivity contribution is -0.140. The van der Waals surface area contributed by atoms with Gasteiger partial charge in [0.25, 0.3) is 0 Å². The first kappa shape index (κ1) is 16.2. The standard InChI is InChI=1S/C15H20F4N2/c16-14-5-4-12(10-13(14)15(17,18)19)11-20-6-3-9-21-7-1-2-8-21/h4-5,10,20H,1-3,6-9,11H2. The molecule has 1 aromatic carbocycles. The monoisotopic (exact) mass is 304 g/mol. The van der Waals surface area contributed by atoms with Gasteiger partial charge in [-0.3, -0.25) is 0 Å². The fraction of sp³-hybridized carbons (Fsp3) is 0.600. The van der Waals surface area contributed by atoms with Gasteiger partial charge in [0.1, 0.15) is 5.82 Å². The molecule has 1 saturated heterocycles. The summed E-state index contributed by atoms with van der Waals surface area (Å²) in [5, 5.41) is 3.11. The van der Waals surface area contributed by atoms with Crippen LogP contribution in [-0.2, 0) is 12.7 Å². The topological polar surface area (TPSA) is 15.3 Å². The highest BCUT2D eigenvalue weighted by atomic mass is 19.4. The molecular formula is C15H20F4N2. The maximum absolute atomic E-state index is 13.1. The highest BCUT2D eigenvalue weighted by Crippen LogP contribution is 2.31. The van der Waals surface area contributed by atoms with Crippen molar-refractivity contribution in [1.29, 1.82) is 0 Å². The van der Waals surface area contributed by atoms with Crippen molar-refractivity contribution in [1.82, 2.24) is 10.2 Å². The van der Waals surface area contributed by atoms with E-state index in [-0.39, 0.29) is 0 Å². The van der Waals surface area contributed by atoms with E-state index >= 15 is 0 Å². The Labute approximate surface area is 122 Å². The van der Waals surface area contributed by atoms with E-state index in [0.717, 1.165) is 44.7 Å². The zero-order chi connectivity index (χ0) is 15.3. The lowest BCUT2D eigenvalue weighted by atomic mass is 10.1. The summed E-state index contributed by atoms with van der Waals surface area (Å²) < 4.78 is 50.9. The fourth-order valence-corrected chi connectivity index (χ4v) is 2.57. The number of likely N-dealkylation sites (tertiary alicyclic amines) is 1. The second-order valence-corrected chi connectivity index (χ2v) is 5.39. The van der Waals surface area contributed by atoms with E-state index < -0.39 is 17.6 Å². The molecule has 21 heavy (non-hydrogen) atoms. The van der Waals surface area contributed by atoms with Gasteiger partial charge in [-0.2, -0.15) is 13.2 Å². The van der Waals surface area contributed by atoms with Gasteiger partial charge in [0.2, 0.25) is 0 Å². The summed E-state index contributed by atoms with van der Waals surface area (Å²) in [5.74, 6) is -1.22. The Morgan fingerprint density at radius 3 is 2.52 bits per heavy atom. The minimum atomic E-state index is -4.64. The molecule has 0 saturated carbocycles. The van der Waals surface area contributed by atoms with Gasteiger partial charge in [-0.05, 0) is 63.1 Å². The van der Waals surface area contributed by atoms with Crippen LogP contribution in [0.1, 0.15) is 30.4 Å². The number of halogens is 4. The molecule has 1 fully saturated rings. The molecule has 6 heteroatoms. The molecule has 0 spiro atoms. The molecule has 2 rings (SSSR count). The van der Waals surface area contributed by atoms with E-state index in [4.69, 9.17) is 0 Å². The summed E-state index contributed by atoms with van der Waals surface area (Å²) in [4.78, 5) is 2.39. The van der Waals surface area contributed by atoms with Crippen molar-refractivity contribution in [2.45, 2.75) is 32.0 Å². The second-order valence-electron chi connectivity index (χ2n) is 5.39. The van der Waals surface area contributed by atoms with Crippen LogP contribution < -0.4 is 5.32 Å². The molecule has 1 aromatic rings. The Balaban J connectivity index is 1.75. The van der Waals surface area contributed by atoms with E-state index in [0.29, 0.717) is 12.1 Å². The Morgan fingerprint density at radius 1 is 1.14 bits per heavy atom. The van der Waals surface area contributed by atoms with Crippen LogP contribution in [0.15, 0.2) is 18.2 Å². The van der Waals surface area contributed by atoms with E-state index in [1.54, 1.807) is 0 Å². The van der Waals surface area contributed by atoms with Crippen LogP contribution in [0, 0.1) is 5.82 Å². The summed E-state index contributed by atoms with van der Waals surface area (Å²) in [5.41, 5.74) is -0.747. The van der Waals surface area contributed by atoms with Gasteiger partial charge < -0.3 is 10.2 Å². The Morgan fingerprint density at radius 2 is 1.86 bits per heavy atom. The molecule has 1 N–H and O–H groups in total. The molecule has 0 amide bonds. The third kappa shape index (κ3) is 4.97. The van der Waals surface area contributed by atoms with Crippen molar-refractivity contribution in [2.24, 2.45) is 0 Å². The van der Waals surface area contributed by atoms with Crippen LogP contribution in [0.5, 0.6) is 0 Å². The highest BCUT2D eigenvalue weighted by Gasteiger charge is 2.34. The van der Waals surface area contributed by atoms with Crippen LogP contribution >= 0.6 is 0 Å². The predicted octanol–water partition coefficient (Wildman–Crippen LogP) is 3.42. The largest absolute Gasteiger partial charge is 0.419 e. The Hall–Kier alpha value is -1.14. The van der Waals surface area contributed by atoms with Gasteiger partial charge in [-0.1, -0.05) is 6.07 Å². The average Bonchev–Trinajstić information content (AvgIpc) is 2.92. The minimum absolute atomic E-state index is 0.323. The molecular weight excluding hydrogens is 284 g/mol. The number of nitrogens with one attached hydrogen (secondary N) is 1. The molecule has 118 valence electrons. The van der Waals surface area contributed by atoms with Crippen LogP contribution in [0.3, 0.4) is 0 Å². The van der Waals surface area contributed by atoms with Gasteiger partial charge in [0, 0.05) is 6.54 Å². The third-order valence-corrected chi connectivity index (χ3v) is 3.69. The first-order valence-electron chi connectivity index (χ1n) is 7.25. The minimum Gasteiger partial charge on any atom is -0.313 e. The smallest absolute Gasteiger partial charge is 0.313 e. The van der Waals surface area contributed by atoms with Gasteiger partial charge in [-0.25, -0.2) is 4.39 Å². The summed E-state index contributed by atoms with van der Waals surface area (Å²) in [7, 11) is 0. The first-order chi connectivity index (χ1) is 9.97. The predicted molar refractivity (Wildman–Crippen MR) is 73.4 cm³/mol. The zero-order valence-corrected chi connectivity index (χ0v) is 11.8. The number of benzene rings is 1. The number of rotatable bonds is 6. The summed E-state index contributed by atoms with van der Waals surface area (Å²) in [6, 6.07) is 3.14. The molecule has 0 atom stereocenters. The SMILES string of the molecule is Fc1ccc(CNCCCN2CCCC2)cc1C(F)(F)F. The maximum Gasteiger partial charge on any atom is 0.419 e. The van der Waals surface area contributed by atoms with Crippen LogP contribution in [0.25, 0.3) is 0 Å². The molecule has 0 aromatic heterocycles. The van der Waals surface area contributed by atoms with Crippen LogP contribution in [0.2, 0.25) is 0 Å². The number of hydrogen-bond donors (Lipinski definition) is 1. The van der Waals surface area contributed by atoms with Gasteiger partial charge in [-0.15, -0.1) is 0 Å². The lowest BCUT2D eigenvalue weighted by Crippen LogP contribution is -2.24. The normalized spacial score (nSPS) is 16.6. The van der Waals surface area contributed by atoms with E-state index in [9.17, 15) is 17.6 Å². The maximum atomic E-state index is 13.1.